The lowest BCUT2D eigenvalue weighted by atomic mass is 10.1. The van der Waals surface area contributed by atoms with Gasteiger partial charge in [0.05, 0.1) is 12.8 Å². The topological polar surface area (TPSA) is 71.7 Å². The Morgan fingerprint density at radius 1 is 1.30 bits per heavy atom. The molecule has 0 saturated carbocycles. The van der Waals surface area contributed by atoms with E-state index in [2.05, 4.69) is 5.32 Å². The molecule has 1 heterocycles. The zero-order valence-corrected chi connectivity index (χ0v) is 11.4. The van der Waals surface area contributed by atoms with E-state index < -0.39 is 11.6 Å². The molecule has 0 atom stereocenters. The van der Waals surface area contributed by atoms with Crippen LogP contribution in [0.1, 0.15) is 19.6 Å². The SMILES string of the molecule is CC(C)(Oc1ccc(NCc2ccco2)cc1)C(=O)O. The quantitative estimate of drug-likeness (QED) is 0.847. The molecular weight excluding hydrogens is 258 g/mol. The number of ether oxygens (including phenoxy) is 1. The number of hydrogen-bond donors (Lipinski definition) is 2. The average molecular weight is 275 g/mol. The largest absolute Gasteiger partial charge is 0.478 e. The van der Waals surface area contributed by atoms with E-state index in [0.717, 1.165) is 11.4 Å². The first-order chi connectivity index (χ1) is 9.47. The first kappa shape index (κ1) is 14.0. The standard InChI is InChI=1S/C15H17NO4/c1-15(2,14(17)18)20-12-7-5-11(6-8-12)16-10-13-4-3-9-19-13/h3-9,16H,10H2,1-2H3,(H,17,18). The summed E-state index contributed by atoms with van der Waals surface area (Å²) in [5, 5.41) is 12.2. The first-order valence-electron chi connectivity index (χ1n) is 6.26. The van der Waals surface area contributed by atoms with Gasteiger partial charge in [-0.3, -0.25) is 0 Å². The molecule has 1 aromatic heterocycles. The Labute approximate surface area is 117 Å². The van der Waals surface area contributed by atoms with Crippen molar-refractivity contribution >= 4 is 11.7 Å². The summed E-state index contributed by atoms with van der Waals surface area (Å²) in [6.45, 7) is 3.62. The van der Waals surface area contributed by atoms with E-state index in [9.17, 15) is 4.79 Å². The molecule has 0 aliphatic rings. The Kier molecular flexibility index (Phi) is 3.98. The fraction of sp³-hybridized carbons (Fsp3) is 0.267. The molecule has 0 bridgehead atoms. The maximum absolute atomic E-state index is 11.0. The van der Waals surface area contributed by atoms with E-state index in [-0.39, 0.29) is 0 Å². The number of hydrogen-bond acceptors (Lipinski definition) is 4. The maximum atomic E-state index is 11.0. The van der Waals surface area contributed by atoms with E-state index in [1.54, 1.807) is 18.4 Å². The molecule has 0 fully saturated rings. The van der Waals surface area contributed by atoms with Gasteiger partial charge in [-0.15, -0.1) is 0 Å². The van der Waals surface area contributed by atoms with Crippen molar-refractivity contribution in [2.75, 3.05) is 5.32 Å². The summed E-state index contributed by atoms with van der Waals surface area (Å²) in [7, 11) is 0. The lowest BCUT2D eigenvalue weighted by molar-refractivity contribution is -0.152. The Hall–Kier alpha value is -2.43. The van der Waals surface area contributed by atoms with E-state index in [1.807, 2.05) is 24.3 Å². The molecule has 0 aliphatic carbocycles. The van der Waals surface area contributed by atoms with Gasteiger partial charge in [-0.2, -0.15) is 0 Å². The second-order valence-electron chi connectivity index (χ2n) is 4.87. The zero-order chi connectivity index (χ0) is 14.6. The van der Waals surface area contributed by atoms with E-state index in [4.69, 9.17) is 14.3 Å². The summed E-state index contributed by atoms with van der Waals surface area (Å²) in [6.07, 6.45) is 1.63. The molecule has 20 heavy (non-hydrogen) atoms. The van der Waals surface area contributed by atoms with Crippen LogP contribution < -0.4 is 10.1 Å². The number of anilines is 1. The Morgan fingerprint density at radius 2 is 2.00 bits per heavy atom. The highest BCUT2D eigenvalue weighted by Gasteiger charge is 2.29. The molecule has 0 amide bonds. The molecule has 0 unspecified atom stereocenters. The molecule has 1 aromatic carbocycles. The van der Waals surface area contributed by atoms with Gasteiger partial charge in [0.25, 0.3) is 0 Å². The fourth-order valence-corrected chi connectivity index (χ4v) is 1.58. The third-order valence-electron chi connectivity index (χ3n) is 2.79. The summed E-state index contributed by atoms with van der Waals surface area (Å²) in [5.41, 5.74) is -0.342. The van der Waals surface area contributed by atoms with E-state index >= 15 is 0 Å². The predicted molar refractivity (Wildman–Crippen MR) is 74.8 cm³/mol. The number of carbonyl (C=O) groups is 1. The van der Waals surface area contributed by atoms with Crippen LogP contribution in [0.3, 0.4) is 0 Å². The van der Waals surface area contributed by atoms with Crippen molar-refractivity contribution in [3.8, 4) is 5.75 Å². The number of nitrogens with one attached hydrogen (secondary N) is 1. The molecule has 0 aliphatic heterocycles. The molecule has 5 heteroatoms. The van der Waals surface area contributed by atoms with Gasteiger partial charge in [0.2, 0.25) is 0 Å². The van der Waals surface area contributed by atoms with Crippen molar-refractivity contribution in [3.63, 3.8) is 0 Å². The van der Waals surface area contributed by atoms with E-state index in [0.29, 0.717) is 12.3 Å². The van der Waals surface area contributed by atoms with Crippen molar-refractivity contribution in [3.05, 3.63) is 48.4 Å². The van der Waals surface area contributed by atoms with E-state index in [1.165, 1.54) is 13.8 Å². The number of furan rings is 1. The Balaban J connectivity index is 1.94. The van der Waals surface area contributed by atoms with Gasteiger partial charge in [0, 0.05) is 5.69 Å². The van der Waals surface area contributed by atoms with Crippen molar-refractivity contribution in [1.82, 2.24) is 0 Å². The third-order valence-corrected chi connectivity index (χ3v) is 2.79. The normalized spacial score (nSPS) is 11.1. The number of rotatable bonds is 6. The summed E-state index contributed by atoms with van der Waals surface area (Å²) < 4.78 is 10.6. The molecule has 5 nitrogen and oxygen atoms in total. The minimum absolute atomic E-state index is 0.515. The lowest BCUT2D eigenvalue weighted by Gasteiger charge is -2.21. The second kappa shape index (κ2) is 5.69. The number of aliphatic carboxylic acids is 1. The second-order valence-corrected chi connectivity index (χ2v) is 4.87. The van der Waals surface area contributed by atoms with Gasteiger partial charge in [-0.05, 0) is 50.2 Å². The van der Waals surface area contributed by atoms with Gasteiger partial charge in [0.1, 0.15) is 11.5 Å². The minimum atomic E-state index is -1.25. The summed E-state index contributed by atoms with van der Waals surface area (Å²) in [6, 6.07) is 10.8. The number of carboxylic acids is 1. The lowest BCUT2D eigenvalue weighted by Crippen LogP contribution is -2.37. The van der Waals surface area contributed by atoms with Gasteiger partial charge in [-0.25, -0.2) is 4.79 Å². The van der Waals surface area contributed by atoms with Crippen LogP contribution in [0.25, 0.3) is 0 Å². The highest BCUT2D eigenvalue weighted by molar-refractivity contribution is 5.76. The van der Waals surface area contributed by atoms with Crippen molar-refractivity contribution in [1.29, 1.82) is 0 Å². The van der Waals surface area contributed by atoms with Gasteiger partial charge >= 0.3 is 5.97 Å². The molecule has 2 N–H and O–H groups in total. The van der Waals surface area contributed by atoms with Crippen LogP contribution >= 0.6 is 0 Å². The molecule has 2 aromatic rings. The van der Waals surface area contributed by atoms with Gasteiger partial charge in [-0.1, -0.05) is 0 Å². The Morgan fingerprint density at radius 3 is 2.55 bits per heavy atom. The molecule has 106 valence electrons. The smallest absolute Gasteiger partial charge is 0.347 e. The maximum Gasteiger partial charge on any atom is 0.347 e. The zero-order valence-electron chi connectivity index (χ0n) is 11.4. The van der Waals surface area contributed by atoms with Crippen LogP contribution in [0.5, 0.6) is 5.75 Å². The van der Waals surface area contributed by atoms with Crippen molar-refractivity contribution in [2.24, 2.45) is 0 Å². The highest BCUT2D eigenvalue weighted by Crippen LogP contribution is 2.21. The molecule has 0 radical (unpaired) electrons. The third kappa shape index (κ3) is 3.54. The Bertz CT molecular complexity index is 558. The molecule has 0 spiro atoms. The fourth-order valence-electron chi connectivity index (χ4n) is 1.58. The molecule has 2 rings (SSSR count). The first-order valence-corrected chi connectivity index (χ1v) is 6.26. The number of carboxylic acid groups (broad SMARTS) is 1. The minimum Gasteiger partial charge on any atom is -0.478 e. The van der Waals surface area contributed by atoms with Crippen LogP contribution in [0, 0.1) is 0 Å². The molecular formula is C15H17NO4. The van der Waals surface area contributed by atoms with Crippen LogP contribution in [0.2, 0.25) is 0 Å². The number of benzene rings is 1. The van der Waals surface area contributed by atoms with Crippen LogP contribution in [-0.2, 0) is 11.3 Å². The highest BCUT2D eigenvalue weighted by atomic mass is 16.5. The van der Waals surface area contributed by atoms with Crippen LogP contribution in [0.15, 0.2) is 47.1 Å². The van der Waals surface area contributed by atoms with Gasteiger partial charge in [0.15, 0.2) is 5.60 Å². The molecule has 0 saturated heterocycles. The summed E-state index contributed by atoms with van der Waals surface area (Å²) in [4.78, 5) is 11.0. The van der Waals surface area contributed by atoms with Crippen molar-refractivity contribution < 1.29 is 19.1 Å². The average Bonchev–Trinajstić information content (AvgIpc) is 2.90. The van der Waals surface area contributed by atoms with Crippen molar-refractivity contribution in [2.45, 2.75) is 26.0 Å². The predicted octanol–water partition coefficient (Wildman–Crippen LogP) is 3.13. The van der Waals surface area contributed by atoms with Crippen LogP contribution in [-0.4, -0.2) is 16.7 Å². The summed E-state index contributed by atoms with van der Waals surface area (Å²) in [5.74, 6) is 0.357. The monoisotopic (exact) mass is 275 g/mol. The van der Waals surface area contributed by atoms with Gasteiger partial charge < -0.3 is 19.6 Å². The van der Waals surface area contributed by atoms with Crippen LogP contribution in [0.4, 0.5) is 5.69 Å². The summed E-state index contributed by atoms with van der Waals surface area (Å²) >= 11 is 0.